The van der Waals surface area contributed by atoms with Gasteiger partial charge in [0, 0.05) is 19.2 Å². The van der Waals surface area contributed by atoms with Crippen LogP contribution in [0.2, 0.25) is 0 Å². The first-order chi connectivity index (χ1) is 12.0. The Morgan fingerprint density at radius 3 is 2.52 bits per heavy atom. The standard InChI is InChI=1S/C20H26N2O3/c1-14-8-6-7-9-16(14)13-22(3)20(23)21-15(2)18-12-17(24-4)10-11-19(18)25-5/h6-12,15H,13H2,1-5H3,(H,21,23). The number of urea groups is 1. The predicted molar refractivity (Wildman–Crippen MR) is 99.1 cm³/mol. The molecule has 1 atom stereocenters. The number of ether oxygens (including phenoxy) is 2. The summed E-state index contributed by atoms with van der Waals surface area (Å²) in [5, 5.41) is 3.01. The minimum absolute atomic E-state index is 0.138. The Labute approximate surface area is 149 Å². The van der Waals surface area contributed by atoms with Crippen molar-refractivity contribution in [2.75, 3.05) is 21.3 Å². The maximum atomic E-state index is 12.5. The molecular weight excluding hydrogens is 316 g/mol. The lowest BCUT2D eigenvalue weighted by molar-refractivity contribution is 0.203. The van der Waals surface area contributed by atoms with E-state index in [-0.39, 0.29) is 12.1 Å². The van der Waals surface area contributed by atoms with E-state index in [4.69, 9.17) is 9.47 Å². The number of hydrogen-bond donors (Lipinski definition) is 1. The number of nitrogens with one attached hydrogen (secondary N) is 1. The van der Waals surface area contributed by atoms with Crippen molar-refractivity contribution in [3.63, 3.8) is 0 Å². The van der Waals surface area contributed by atoms with Crippen LogP contribution in [0, 0.1) is 6.92 Å². The zero-order valence-electron chi connectivity index (χ0n) is 15.5. The summed E-state index contributed by atoms with van der Waals surface area (Å²) in [6.07, 6.45) is 0. The van der Waals surface area contributed by atoms with Crippen LogP contribution in [0.25, 0.3) is 0 Å². The largest absolute Gasteiger partial charge is 0.497 e. The molecule has 5 nitrogen and oxygen atoms in total. The van der Waals surface area contributed by atoms with E-state index >= 15 is 0 Å². The molecule has 1 unspecified atom stereocenters. The highest BCUT2D eigenvalue weighted by atomic mass is 16.5. The van der Waals surface area contributed by atoms with Gasteiger partial charge in [-0.3, -0.25) is 0 Å². The molecule has 0 heterocycles. The summed E-state index contributed by atoms with van der Waals surface area (Å²) in [6, 6.07) is 13.3. The number of carbonyl (C=O) groups excluding carboxylic acids is 1. The molecule has 5 heteroatoms. The van der Waals surface area contributed by atoms with E-state index in [1.807, 2.05) is 56.3 Å². The number of carbonyl (C=O) groups is 1. The molecule has 25 heavy (non-hydrogen) atoms. The van der Waals surface area contributed by atoms with Crippen molar-refractivity contribution in [2.45, 2.75) is 26.4 Å². The summed E-state index contributed by atoms with van der Waals surface area (Å²) in [4.78, 5) is 14.2. The van der Waals surface area contributed by atoms with Crippen LogP contribution in [0.15, 0.2) is 42.5 Å². The first-order valence-electron chi connectivity index (χ1n) is 8.24. The predicted octanol–water partition coefficient (Wildman–Crippen LogP) is 3.91. The minimum Gasteiger partial charge on any atom is -0.497 e. The molecule has 2 aromatic rings. The average Bonchev–Trinajstić information content (AvgIpc) is 2.62. The summed E-state index contributed by atoms with van der Waals surface area (Å²) in [7, 11) is 5.02. The molecule has 134 valence electrons. The van der Waals surface area contributed by atoms with E-state index in [2.05, 4.69) is 5.32 Å². The number of nitrogens with zero attached hydrogens (tertiary/aromatic N) is 1. The molecule has 0 saturated heterocycles. The maximum absolute atomic E-state index is 12.5. The van der Waals surface area contributed by atoms with E-state index in [0.29, 0.717) is 6.54 Å². The highest BCUT2D eigenvalue weighted by Crippen LogP contribution is 2.29. The lowest BCUT2D eigenvalue weighted by Gasteiger charge is -2.23. The fraction of sp³-hybridized carbons (Fsp3) is 0.350. The van der Waals surface area contributed by atoms with Gasteiger partial charge in [-0.2, -0.15) is 0 Å². The number of amides is 2. The first kappa shape index (κ1) is 18.6. The molecule has 0 fully saturated rings. The monoisotopic (exact) mass is 342 g/mol. The van der Waals surface area contributed by atoms with Crippen molar-refractivity contribution >= 4 is 6.03 Å². The van der Waals surface area contributed by atoms with Gasteiger partial charge in [-0.05, 0) is 43.2 Å². The van der Waals surface area contributed by atoms with Crippen LogP contribution in [-0.4, -0.2) is 32.2 Å². The molecule has 0 radical (unpaired) electrons. The molecule has 0 aliphatic rings. The van der Waals surface area contributed by atoms with Gasteiger partial charge >= 0.3 is 6.03 Å². The molecule has 0 bridgehead atoms. The van der Waals surface area contributed by atoms with E-state index < -0.39 is 0 Å². The maximum Gasteiger partial charge on any atom is 0.317 e. The van der Waals surface area contributed by atoms with E-state index in [1.165, 1.54) is 5.56 Å². The molecule has 2 aromatic carbocycles. The molecule has 0 spiro atoms. The summed E-state index contributed by atoms with van der Waals surface area (Å²) in [6.45, 7) is 4.53. The molecule has 0 saturated carbocycles. The normalized spacial score (nSPS) is 11.6. The molecule has 1 N–H and O–H groups in total. The number of rotatable bonds is 6. The van der Waals surface area contributed by atoms with Gasteiger partial charge in [-0.25, -0.2) is 4.79 Å². The third-order valence-corrected chi connectivity index (χ3v) is 4.26. The number of methoxy groups -OCH3 is 2. The Morgan fingerprint density at radius 2 is 1.88 bits per heavy atom. The number of hydrogen-bond acceptors (Lipinski definition) is 3. The lowest BCUT2D eigenvalue weighted by atomic mass is 10.1. The topological polar surface area (TPSA) is 50.8 Å². The van der Waals surface area contributed by atoms with Gasteiger partial charge in [-0.15, -0.1) is 0 Å². The first-order valence-corrected chi connectivity index (χ1v) is 8.24. The fourth-order valence-electron chi connectivity index (χ4n) is 2.67. The summed E-state index contributed by atoms with van der Waals surface area (Å²) < 4.78 is 10.7. The summed E-state index contributed by atoms with van der Waals surface area (Å²) in [5.41, 5.74) is 3.18. The Morgan fingerprint density at radius 1 is 1.16 bits per heavy atom. The van der Waals surface area contributed by atoms with Gasteiger partial charge in [0.25, 0.3) is 0 Å². The van der Waals surface area contributed by atoms with Gasteiger partial charge in [0.05, 0.1) is 20.3 Å². The van der Waals surface area contributed by atoms with Crippen molar-refractivity contribution in [1.82, 2.24) is 10.2 Å². The molecule has 0 aromatic heterocycles. The zero-order valence-corrected chi connectivity index (χ0v) is 15.5. The zero-order chi connectivity index (χ0) is 18.4. The van der Waals surface area contributed by atoms with Crippen LogP contribution in [-0.2, 0) is 6.54 Å². The van der Waals surface area contributed by atoms with Gasteiger partial charge in [0.15, 0.2) is 0 Å². The van der Waals surface area contributed by atoms with Crippen molar-refractivity contribution in [3.05, 3.63) is 59.2 Å². The van der Waals surface area contributed by atoms with Gasteiger partial charge in [0.1, 0.15) is 11.5 Å². The van der Waals surface area contributed by atoms with Crippen LogP contribution in [0.3, 0.4) is 0 Å². The third-order valence-electron chi connectivity index (χ3n) is 4.26. The third kappa shape index (κ3) is 4.66. The second-order valence-electron chi connectivity index (χ2n) is 6.06. The van der Waals surface area contributed by atoms with Crippen molar-refractivity contribution in [1.29, 1.82) is 0 Å². The Hall–Kier alpha value is -2.69. The molecule has 2 rings (SSSR count). The van der Waals surface area contributed by atoms with Crippen LogP contribution < -0.4 is 14.8 Å². The van der Waals surface area contributed by atoms with E-state index in [1.54, 1.807) is 26.2 Å². The van der Waals surface area contributed by atoms with Crippen LogP contribution in [0.5, 0.6) is 11.5 Å². The smallest absolute Gasteiger partial charge is 0.317 e. The lowest BCUT2D eigenvalue weighted by Crippen LogP contribution is -2.38. The summed E-state index contributed by atoms with van der Waals surface area (Å²) in [5.74, 6) is 1.44. The second-order valence-corrected chi connectivity index (χ2v) is 6.06. The SMILES string of the molecule is COc1ccc(OC)c(C(C)NC(=O)N(C)Cc2ccccc2C)c1. The Bertz CT molecular complexity index is 731. The molecule has 2 amide bonds. The van der Waals surface area contributed by atoms with Gasteiger partial charge in [-0.1, -0.05) is 24.3 Å². The number of aryl methyl sites for hydroxylation is 1. The van der Waals surface area contributed by atoms with Gasteiger partial charge in [0.2, 0.25) is 0 Å². The van der Waals surface area contributed by atoms with Crippen LogP contribution in [0.4, 0.5) is 4.79 Å². The Balaban J connectivity index is 2.08. The average molecular weight is 342 g/mol. The molecule has 0 aliphatic carbocycles. The van der Waals surface area contributed by atoms with Crippen molar-refractivity contribution in [2.24, 2.45) is 0 Å². The van der Waals surface area contributed by atoms with Crippen LogP contribution >= 0.6 is 0 Å². The van der Waals surface area contributed by atoms with Crippen molar-refractivity contribution < 1.29 is 14.3 Å². The molecule has 0 aliphatic heterocycles. The van der Waals surface area contributed by atoms with E-state index in [9.17, 15) is 4.79 Å². The van der Waals surface area contributed by atoms with Crippen molar-refractivity contribution in [3.8, 4) is 11.5 Å². The highest BCUT2D eigenvalue weighted by Gasteiger charge is 2.18. The Kier molecular flexibility index (Phi) is 6.28. The van der Waals surface area contributed by atoms with E-state index in [0.717, 1.165) is 22.6 Å². The quantitative estimate of drug-likeness (QED) is 0.866. The fourth-order valence-corrected chi connectivity index (χ4v) is 2.67. The summed E-state index contributed by atoms with van der Waals surface area (Å²) >= 11 is 0. The second kappa shape index (κ2) is 8.42. The van der Waals surface area contributed by atoms with Crippen LogP contribution in [0.1, 0.15) is 29.7 Å². The minimum atomic E-state index is -0.211. The van der Waals surface area contributed by atoms with Gasteiger partial charge < -0.3 is 19.7 Å². The number of benzene rings is 2. The molecular formula is C20H26N2O3. The highest BCUT2D eigenvalue weighted by molar-refractivity contribution is 5.74.